The van der Waals surface area contributed by atoms with E-state index in [1.165, 1.54) is 29.0 Å². The molecule has 5 nitrogen and oxygen atoms in total. The number of halogens is 1. The number of hydrogen-bond acceptors (Lipinski definition) is 2. The van der Waals surface area contributed by atoms with Crippen molar-refractivity contribution in [2.75, 3.05) is 32.7 Å². The maximum absolute atomic E-state index is 12.9. The first-order valence-corrected chi connectivity index (χ1v) is 13.7. The minimum atomic E-state index is 0.110. The summed E-state index contributed by atoms with van der Waals surface area (Å²) in [7, 11) is 0. The quantitative estimate of drug-likeness (QED) is 0.649. The number of urea groups is 1. The highest BCUT2D eigenvalue weighted by Crippen LogP contribution is 2.27. The third-order valence-electron chi connectivity index (χ3n) is 7.92. The maximum atomic E-state index is 12.9. The first kappa shape index (κ1) is 25.8. The average molecular weight is 497 g/mol. The van der Waals surface area contributed by atoms with Crippen molar-refractivity contribution in [1.29, 1.82) is 0 Å². The fraction of sp³-hybridized carbons (Fsp3) is 0.552. The van der Waals surface area contributed by atoms with Crippen molar-refractivity contribution >= 4 is 29.8 Å². The fourth-order valence-electron chi connectivity index (χ4n) is 5.72. The van der Waals surface area contributed by atoms with Crippen molar-refractivity contribution in [3.8, 4) is 5.69 Å². The van der Waals surface area contributed by atoms with E-state index in [1.54, 1.807) is 0 Å². The first-order valence-electron chi connectivity index (χ1n) is 13.3. The monoisotopic (exact) mass is 496 g/mol. The van der Waals surface area contributed by atoms with Crippen LogP contribution >= 0.6 is 11.6 Å². The zero-order valence-electron chi connectivity index (χ0n) is 21.8. The summed E-state index contributed by atoms with van der Waals surface area (Å²) in [6.45, 7) is 13.5. The van der Waals surface area contributed by atoms with Gasteiger partial charge in [0, 0.05) is 47.9 Å². The maximum Gasteiger partial charge on any atom is 0.317 e. The molecule has 1 aromatic carbocycles. The first-order chi connectivity index (χ1) is 16.9. The van der Waals surface area contributed by atoms with Gasteiger partial charge >= 0.3 is 6.03 Å². The molecule has 4 rings (SSSR count). The molecule has 0 bridgehead atoms. The second kappa shape index (κ2) is 11.7. The Balaban J connectivity index is 1.36. The number of benzene rings is 1. The molecule has 35 heavy (non-hydrogen) atoms. The van der Waals surface area contributed by atoms with Gasteiger partial charge in [-0.2, -0.15) is 0 Å². The van der Waals surface area contributed by atoms with Crippen LogP contribution in [0.1, 0.15) is 64.9 Å². The van der Waals surface area contributed by atoms with Crippen LogP contribution in [0, 0.1) is 5.92 Å². The largest absolute Gasteiger partial charge is 0.338 e. The Morgan fingerprint density at radius 2 is 1.69 bits per heavy atom. The second-order valence-corrected chi connectivity index (χ2v) is 10.8. The lowest BCUT2D eigenvalue weighted by molar-refractivity contribution is 0.144. The smallest absolute Gasteiger partial charge is 0.317 e. The normalized spacial score (nSPS) is 19.7. The molecule has 190 valence electrons. The third-order valence-corrected chi connectivity index (χ3v) is 8.18. The topological polar surface area (TPSA) is 40.5 Å². The van der Waals surface area contributed by atoms with Crippen molar-refractivity contribution in [1.82, 2.24) is 19.7 Å². The number of aromatic nitrogens is 1. The van der Waals surface area contributed by atoms with Crippen LogP contribution in [0.25, 0.3) is 17.8 Å². The van der Waals surface area contributed by atoms with Gasteiger partial charge in [0.15, 0.2) is 0 Å². The number of carbonyl (C=O) groups excluding carboxylic acids is 1. The Morgan fingerprint density at radius 3 is 2.26 bits per heavy atom. The summed E-state index contributed by atoms with van der Waals surface area (Å²) in [6, 6.07) is 8.74. The van der Waals surface area contributed by atoms with Crippen molar-refractivity contribution in [3.05, 3.63) is 51.6 Å². The summed E-state index contributed by atoms with van der Waals surface area (Å²) in [5.74, 6) is 1.06. The number of nitrogens with one attached hydrogen (secondary N) is 1. The van der Waals surface area contributed by atoms with Crippen LogP contribution in [0.2, 0.25) is 5.02 Å². The van der Waals surface area contributed by atoms with Crippen LogP contribution in [0.4, 0.5) is 4.79 Å². The van der Waals surface area contributed by atoms with Gasteiger partial charge in [0.05, 0.1) is 0 Å². The SMILES string of the molecule is C/C=c1/c(C2CCN(C(=O)NCC3CCN(C(C)C)CC3)CC2)cn(-c2ccc(Cl)cc2)/c1=C/C. The second-order valence-electron chi connectivity index (χ2n) is 10.3. The van der Waals surface area contributed by atoms with E-state index in [1.807, 2.05) is 17.0 Å². The van der Waals surface area contributed by atoms with Gasteiger partial charge in [0.1, 0.15) is 0 Å². The zero-order chi connectivity index (χ0) is 24.9. The summed E-state index contributed by atoms with van der Waals surface area (Å²) in [5, 5.41) is 6.50. The Morgan fingerprint density at radius 1 is 1.03 bits per heavy atom. The van der Waals surface area contributed by atoms with E-state index < -0.39 is 0 Å². The molecule has 1 aromatic heterocycles. The Bertz CT molecular complexity index is 1100. The Labute approximate surface area is 215 Å². The molecule has 0 unspecified atom stereocenters. The van der Waals surface area contributed by atoms with E-state index in [2.05, 4.69) is 73.0 Å². The number of amides is 2. The minimum Gasteiger partial charge on any atom is -0.338 e. The summed E-state index contributed by atoms with van der Waals surface area (Å²) >= 11 is 6.12. The molecule has 2 aromatic rings. The van der Waals surface area contributed by atoms with Gasteiger partial charge < -0.3 is 19.7 Å². The summed E-state index contributed by atoms with van der Waals surface area (Å²) in [5.41, 5.74) is 2.50. The van der Waals surface area contributed by atoms with Gasteiger partial charge in [0.25, 0.3) is 0 Å². The van der Waals surface area contributed by atoms with Crippen LogP contribution in [0.5, 0.6) is 0 Å². The van der Waals surface area contributed by atoms with Crippen LogP contribution < -0.4 is 15.9 Å². The third kappa shape index (κ3) is 5.95. The van der Waals surface area contributed by atoms with Gasteiger partial charge in [-0.1, -0.05) is 23.8 Å². The molecule has 0 saturated carbocycles. The summed E-state index contributed by atoms with van der Waals surface area (Å²) < 4.78 is 2.27. The lowest BCUT2D eigenvalue weighted by Crippen LogP contribution is -2.47. The number of nitrogens with zero attached hydrogens (tertiary/aromatic N) is 3. The molecule has 2 fully saturated rings. The van der Waals surface area contributed by atoms with Crippen LogP contribution in [0.15, 0.2) is 30.5 Å². The molecule has 0 atom stereocenters. The molecule has 2 aliphatic rings. The van der Waals surface area contributed by atoms with E-state index in [-0.39, 0.29) is 6.03 Å². The lowest BCUT2D eigenvalue weighted by atomic mass is 9.90. The highest BCUT2D eigenvalue weighted by Gasteiger charge is 2.27. The number of hydrogen-bond donors (Lipinski definition) is 1. The van der Waals surface area contributed by atoms with Crippen LogP contribution in [-0.2, 0) is 0 Å². The van der Waals surface area contributed by atoms with E-state index in [9.17, 15) is 4.79 Å². The Hall–Kier alpha value is -2.24. The van der Waals surface area contributed by atoms with Gasteiger partial charge in [-0.05, 0) is 113 Å². The van der Waals surface area contributed by atoms with Gasteiger partial charge in [-0.15, -0.1) is 0 Å². The fourth-order valence-corrected chi connectivity index (χ4v) is 5.84. The van der Waals surface area contributed by atoms with E-state index in [0.717, 1.165) is 56.3 Å². The minimum absolute atomic E-state index is 0.110. The predicted octanol–water partition coefficient (Wildman–Crippen LogP) is 4.74. The molecule has 1 N–H and O–H groups in total. The summed E-state index contributed by atoms with van der Waals surface area (Å²) in [6.07, 6.45) is 11.0. The molecular weight excluding hydrogens is 456 g/mol. The number of likely N-dealkylation sites (tertiary alicyclic amines) is 2. The average Bonchev–Trinajstić information content (AvgIpc) is 3.26. The molecule has 0 spiro atoms. The standard InChI is InChI=1S/C29H41ClN4O/c1-5-26-27(20-34(28(26)6-2)25-9-7-24(30)8-10-25)23-13-17-33(18-14-23)29(35)31-19-22-11-15-32(16-12-22)21(3)4/h5-10,20-23H,11-19H2,1-4H3,(H,31,35)/b26-5-,28-6+. The molecule has 2 aliphatic heterocycles. The van der Waals surface area contributed by atoms with Crippen LogP contribution in [-0.4, -0.2) is 59.2 Å². The molecule has 0 radical (unpaired) electrons. The molecular formula is C29H41ClN4O. The van der Waals surface area contributed by atoms with Crippen LogP contribution in [0.3, 0.4) is 0 Å². The van der Waals surface area contributed by atoms with E-state index in [4.69, 9.17) is 11.6 Å². The zero-order valence-corrected chi connectivity index (χ0v) is 22.5. The van der Waals surface area contributed by atoms with E-state index in [0.29, 0.717) is 17.9 Å². The van der Waals surface area contributed by atoms with Crippen molar-refractivity contribution in [3.63, 3.8) is 0 Å². The number of piperidine rings is 2. The van der Waals surface area contributed by atoms with Gasteiger partial charge in [-0.25, -0.2) is 4.79 Å². The van der Waals surface area contributed by atoms with Crippen molar-refractivity contribution in [2.24, 2.45) is 5.92 Å². The number of carbonyl (C=O) groups is 1. The predicted molar refractivity (Wildman–Crippen MR) is 147 cm³/mol. The van der Waals surface area contributed by atoms with Gasteiger partial charge in [0.2, 0.25) is 0 Å². The molecule has 0 aliphatic carbocycles. The lowest BCUT2D eigenvalue weighted by Gasteiger charge is -2.35. The molecule has 2 amide bonds. The number of rotatable bonds is 5. The molecule has 3 heterocycles. The molecule has 2 saturated heterocycles. The summed E-state index contributed by atoms with van der Waals surface area (Å²) in [4.78, 5) is 17.4. The highest BCUT2D eigenvalue weighted by atomic mass is 35.5. The Kier molecular flexibility index (Phi) is 8.61. The van der Waals surface area contributed by atoms with Crippen molar-refractivity contribution < 1.29 is 4.79 Å². The highest BCUT2D eigenvalue weighted by molar-refractivity contribution is 6.30. The van der Waals surface area contributed by atoms with Crippen molar-refractivity contribution in [2.45, 2.75) is 65.3 Å². The van der Waals surface area contributed by atoms with Gasteiger partial charge in [-0.3, -0.25) is 0 Å². The molecule has 6 heteroatoms. The van der Waals surface area contributed by atoms with E-state index >= 15 is 0 Å².